The van der Waals surface area contributed by atoms with Crippen LogP contribution in [0.2, 0.25) is 0 Å². The summed E-state index contributed by atoms with van der Waals surface area (Å²) < 4.78 is 5.25. The van der Waals surface area contributed by atoms with E-state index in [1.165, 1.54) is 32.1 Å². The summed E-state index contributed by atoms with van der Waals surface area (Å²) in [5.74, 6) is 0. The van der Waals surface area contributed by atoms with Gasteiger partial charge in [0.25, 0.3) is 0 Å². The Morgan fingerprint density at radius 3 is 2.32 bits per heavy atom. The van der Waals surface area contributed by atoms with Crippen LogP contribution < -0.4 is 0 Å². The van der Waals surface area contributed by atoms with Gasteiger partial charge in [-0.15, -0.1) is 0 Å². The maximum Gasteiger partial charge on any atom is 0.217 e. The Kier molecular flexibility index (Phi) is 9.33. The molecule has 0 amide bonds. The van der Waals surface area contributed by atoms with Crippen molar-refractivity contribution >= 4 is 0 Å². The Balaban J connectivity index is 2.07. The minimum Gasteiger partial charge on any atom is -0.349 e. The van der Waals surface area contributed by atoms with Crippen LogP contribution in [0.25, 0.3) is 0 Å². The first-order valence-corrected chi connectivity index (χ1v) is 7.24. The van der Waals surface area contributed by atoms with Gasteiger partial charge >= 0.3 is 0 Å². The predicted octanol–water partition coefficient (Wildman–Crippen LogP) is 4.64. The summed E-state index contributed by atoms with van der Waals surface area (Å²) in [6.45, 7) is 2.85. The lowest BCUT2D eigenvalue weighted by Gasteiger charge is -2.15. The first kappa shape index (κ1) is 16.2. The van der Waals surface area contributed by atoms with E-state index in [4.69, 9.17) is 14.5 Å². The fourth-order valence-electron chi connectivity index (χ4n) is 1.89. The van der Waals surface area contributed by atoms with Gasteiger partial charge in [-0.05, 0) is 6.42 Å². The van der Waals surface area contributed by atoms with Crippen LogP contribution in [-0.4, -0.2) is 13.7 Å². The first-order valence-electron chi connectivity index (χ1n) is 7.24. The van der Waals surface area contributed by atoms with Crippen LogP contribution in [0.3, 0.4) is 0 Å². The lowest BCUT2D eigenvalue weighted by molar-refractivity contribution is -0.379. The maximum absolute atomic E-state index is 5.28. The Bertz CT molecular complexity index is 300. The second kappa shape index (κ2) is 11.0. The molecule has 1 rings (SSSR count). The van der Waals surface area contributed by atoms with E-state index >= 15 is 0 Å². The normalized spacial score (nSPS) is 12.5. The lowest BCUT2D eigenvalue weighted by Crippen LogP contribution is -2.08. The molecule has 0 aliphatic rings. The fraction of sp³-hybridized carbons (Fsp3) is 0.625. The fourth-order valence-corrected chi connectivity index (χ4v) is 1.89. The SMILES string of the molecule is CCCCCCCCOOC(OC)c1ccccc1. The molecule has 0 saturated heterocycles. The van der Waals surface area contributed by atoms with Crippen molar-refractivity contribution in [1.29, 1.82) is 0 Å². The third kappa shape index (κ3) is 7.31. The van der Waals surface area contributed by atoms with Gasteiger partial charge < -0.3 is 4.74 Å². The highest BCUT2D eigenvalue weighted by Crippen LogP contribution is 2.18. The zero-order chi connectivity index (χ0) is 13.8. The van der Waals surface area contributed by atoms with Crippen LogP contribution in [0, 0.1) is 0 Å². The molecule has 1 unspecified atom stereocenters. The monoisotopic (exact) mass is 266 g/mol. The van der Waals surface area contributed by atoms with Crippen molar-refractivity contribution in [1.82, 2.24) is 0 Å². The molecule has 108 valence electrons. The van der Waals surface area contributed by atoms with E-state index in [0.29, 0.717) is 6.61 Å². The highest BCUT2D eigenvalue weighted by Gasteiger charge is 2.10. The van der Waals surface area contributed by atoms with Crippen molar-refractivity contribution in [3.05, 3.63) is 35.9 Å². The van der Waals surface area contributed by atoms with Gasteiger partial charge in [-0.3, -0.25) is 0 Å². The van der Waals surface area contributed by atoms with Crippen LogP contribution in [0.4, 0.5) is 0 Å². The number of benzene rings is 1. The highest BCUT2D eigenvalue weighted by atomic mass is 17.2. The number of ether oxygens (including phenoxy) is 1. The Labute approximate surface area is 116 Å². The van der Waals surface area contributed by atoms with Gasteiger partial charge in [-0.1, -0.05) is 69.4 Å². The van der Waals surface area contributed by atoms with E-state index in [0.717, 1.165) is 12.0 Å². The highest BCUT2D eigenvalue weighted by molar-refractivity contribution is 5.15. The van der Waals surface area contributed by atoms with Crippen molar-refractivity contribution in [3.8, 4) is 0 Å². The molecule has 0 saturated carbocycles. The maximum atomic E-state index is 5.28. The topological polar surface area (TPSA) is 27.7 Å². The molecule has 0 aliphatic heterocycles. The van der Waals surface area contributed by atoms with Gasteiger partial charge in [0.1, 0.15) is 0 Å². The molecular weight excluding hydrogens is 240 g/mol. The third-order valence-corrected chi connectivity index (χ3v) is 3.02. The number of hydrogen-bond donors (Lipinski definition) is 0. The van der Waals surface area contributed by atoms with Crippen LogP contribution in [-0.2, 0) is 14.5 Å². The number of rotatable bonds is 11. The molecular formula is C16H26O3. The molecule has 0 bridgehead atoms. The molecule has 1 aromatic carbocycles. The number of unbranched alkanes of at least 4 members (excludes halogenated alkanes) is 5. The zero-order valence-electron chi connectivity index (χ0n) is 12.1. The summed E-state index contributed by atoms with van der Waals surface area (Å²) >= 11 is 0. The average molecular weight is 266 g/mol. The van der Waals surface area contributed by atoms with Crippen LogP contribution in [0.5, 0.6) is 0 Å². The molecule has 0 aliphatic carbocycles. The molecule has 1 aromatic rings. The van der Waals surface area contributed by atoms with E-state index in [1.54, 1.807) is 7.11 Å². The Morgan fingerprint density at radius 1 is 0.947 bits per heavy atom. The molecule has 0 fully saturated rings. The van der Waals surface area contributed by atoms with Crippen LogP contribution in [0.15, 0.2) is 30.3 Å². The van der Waals surface area contributed by atoms with Gasteiger partial charge in [-0.2, -0.15) is 4.89 Å². The van der Waals surface area contributed by atoms with Crippen molar-refractivity contribution in [2.75, 3.05) is 13.7 Å². The average Bonchev–Trinajstić information content (AvgIpc) is 2.47. The number of hydrogen-bond acceptors (Lipinski definition) is 3. The zero-order valence-corrected chi connectivity index (χ0v) is 12.1. The molecule has 0 aromatic heterocycles. The molecule has 3 nitrogen and oxygen atoms in total. The molecule has 0 heterocycles. The van der Waals surface area contributed by atoms with Crippen molar-refractivity contribution in [2.24, 2.45) is 0 Å². The second-order valence-corrected chi connectivity index (χ2v) is 4.66. The molecule has 0 spiro atoms. The Morgan fingerprint density at radius 2 is 1.63 bits per heavy atom. The van der Waals surface area contributed by atoms with Crippen molar-refractivity contribution < 1.29 is 14.5 Å². The summed E-state index contributed by atoms with van der Waals surface area (Å²) in [6.07, 6.45) is 7.01. The quantitative estimate of drug-likeness (QED) is 0.253. The van der Waals surface area contributed by atoms with Crippen LogP contribution >= 0.6 is 0 Å². The second-order valence-electron chi connectivity index (χ2n) is 4.66. The smallest absolute Gasteiger partial charge is 0.217 e. The van der Waals surface area contributed by atoms with Crippen molar-refractivity contribution in [2.45, 2.75) is 51.7 Å². The van der Waals surface area contributed by atoms with Gasteiger partial charge in [0.05, 0.1) is 6.61 Å². The largest absolute Gasteiger partial charge is 0.349 e. The Hall–Kier alpha value is -0.900. The minimum atomic E-state index is -0.443. The summed E-state index contributed by atoms with van der Waals surface area (Å²) in [6, 6.07) is 9.80. The standard InChI is InChI=1S/C16H26O3/c1-3-4-5-6-7-11-14-18-19-16(17-2)15-12-9-8-10-13-15/h8-10,12-13,16H,3-7,11,14H2,1-2H3. The predicted molar refractivity (Wildman–Crippen MR) is 76.6 cm³/mol. The summed E-state index contributed by atoms with van der Waals surface area (Å²) in [5.41, 5.74) is 0.966. The van der Waals surface area contributed by atoms with E-state index < -0.39 is 6.29 Å². The van der Waals surface area contributed by atoms with Crippen molar-refractivity contribution in [3.63, 3.8) is 0 Å². The molecule has 0 radical (unpaired) electrons. The minimum absolute atomic E-state index is 0.443. The van der Waals surface area contributed by atoms with E-state index in [9.17, 15) is 0 Å². The molecule has 19 heavy (non-hydrogen) atoms. The van der Waals surface area contributed by atoms with E-state index in [1.807, 2.05) is 30.3 Å². The van der Waals surface area contributed by atoms with E-state index in [2.05, 4.69) is 6.92 Å². The summed E-state index contributed by atoms with van der Waals surface area (Å²) in [4.78, 5) is 10.5. The van der Waals surface area contributed by atoms with E-state index in [-0.39, 0.29) is 0 Å². The lowest BCUT2D eigenvalue weighted by atomic mass is 10.1. The van der Waals surface area contributed by atoms with Crippen LogP contribution in [0.1, 0.15) is 57.3 Å². The van der Waals surface area contributed by atoms with Gasteiger partial charge in [0.15, 0.2) is 0 Å². The summed E-state index contributed by atoms with van der Waals surface area (Å²) in [5, 5.41) is 0. The summed E-state index contributed by atoms with van der Waals surface area (Å²) in [7, 11) is 1.62. The number of methoxy groups -OCH3 is 1. The molecule has 3 heteroatoms. The molecule has 0 N–H and O–H groups in total. The van der Waals surface area contributed by atoms with Gasteiger partial charge in [0, 0.05) is 12.7 Å². The first-order chi connectivity index (χ1) is 9.38. The molecule has 1 atom stereocenters. The third-order valence-electron chi connectivity index (χ3n) is 3.02. The van der Waals surface area contributed by atoms with Gasteiger partial charge in [0.2, 0.25) is 6.29 Å². The van der Waals surface area contributed by atoms with Gasteiger partial charge in [-0.25, -0.2) is 4.89 Å².